The Morgan fingerprint density at radius 3 is 2.63 bits per heavy atom. The Morgan fingerprint density at radius 1 is 1.42 bits per heavy atom. The molecule has 1 heterocycles. The van der Waals surface area contributed by atoms with Crippen LogP contribution in [0.1, 0.15) is 63.6 Å². The molecule has 1 aliphatic carbocycles. The van der Waals surface area contributed by atoms with Crippen molar-refractivity contribution in [1.82, 2.24) is 15.1 Å². The van der Waals surface area contributed by atoms with Crippen molar-refractivity contribution in [2.75, 3.05) is 0 Å². The van der Waals surface area contributed by atoms with E-state index >= 15 is 0 Å². The molecule has 1 aromatic rings. The van der Waals surface area contributed by atoms with Crippen molar-refractivity contribution in [3.05, 3.63) is 18.0 Å². The van der Waals surface area contributed by atoms with Crippen LogP contribution in [0.2, 0.25) is 0 Å². The molecule has 0 spiro atoms. The Hall–Kier alpha value is -1.36. The van der Waals surface area contributed by atoms with Gasteiger partial charge in [0.25, 0.3) is 0 Å². The van der Waals surface area contributed by atoms with Crippen LogP contribution >= 0.6 is 0 Å². The van der Waals surface area contributed by atoms with Gasteiger partial charge < -0.3 is 5.11 Å². The zero-order valence-corrected chi connectivity index (χ0v) is 11.7. The van der Waals surface area contributed by atoms with Gasteiger partial charge in [-0.15, -0.1) is 0 Å². The number of hydrogen-bond acceptors (Lipinski definition) is 3. The summed E-state index contributed by atoms with van der Waals surface area (Å²) in [5.74, 6) is -0.825. The first-order valence-electron chi connectivity index (χ1n) is 7.11. The topological polar surface area (TPSA) is 67.2 Å². The molecule has 0 radical (unpaired) electrons. The van der Waals surface area contributed by atoms with Crippen molar-refractivity contribution in [3.63, 3.8) is 0 Å². The van der Waals surface area contributed by atoms with Gasteiger partial charge in [0, 0.05) is 23.8 Å². The molecule has 106 valence electrons. The molecule has 1 fully saturated rings. The number of aliphatic carboxylic acids is 1. The maximum absolute atomic E-state index is 11.5. The summed E-state index contributed by atoms with van der Waals surface area (Å²) < 4.78 is 1.80. The molecular weight excluding hydrogens is 242 g/mol. The maximum atomic E-state index is 11.5. The smallest absolute Gasteiger partial charge is 0.325 e. The van der Waals surface area contributed by atoms with Crippen molar-refractivity contribution in [2.24, 2.45) is 0 Å². The molecule has 1 saturated carbocycles. The summed E-state index contributed by atoms with van der Waals surface area (Å²) in [6.07, 6.45) is 9.28. The van der Waals surface area contributed by atoms with Gasteiger partial charge in [-0.25, -0.2) is 0 Å². The Labute approximate surface area is 114 Å². The van der Waals surface area contributed by atoms with E-state index in [0.29, 0.717) is 6.04 Å². The first-order valence-corrected chi connectivity index (χ1v) is 7.11. The highest BCUT2D eigenvalue weighted by Gasteiger charge is 2.25. The van der Waals surface area contributed by atoms with E-state index in [1.54, 1.807) is 10.9 Å². The summed E-state index contributed by atoms with van der Waals surface area (Å²) in [4.78, 5) is 11.5. The minimum absolute atomic E-state index is 0.248. The summed E-state index contributed by atoms with van der Waals surface area (Å²) >= 11 is 0. The average Bonchev–Trinajstić information content (AvgIpc) is 2.86. The van der Waals surface area contributed by atoms with Crippen LogP contribution < -0.4 is 5.32 Å². The molecule has 1 atom stereocenters. The Balaban J connectivity index is 2.07. The lowest BCUT2D eigenvalue weighted by Gasteiger charge is -2.26. The highest BCUT2D eigenvalue weighted by molar-refractivity contribution is 5.75. The van der Waals surface area contributed by atoms with E-state index in [9.17, 15) is 9.90 Å². The fourth-order valence-electron chi connectivity index (χ4n) is 2.60. The first kappa shape index (κ1) is 14.1. The quantitative estimate of drug-likeness (QED) is 0.858. The van der Waals surface area contributed by atoms with Crippen LogP contribution in [-0.4, -0.2) is 26.9 Å². The minimum Gasteiger partial charge on any atom is -0.480 e. The Bertz CT molecular complexity index is 422. The third-order valence-corrected chi connectivity index (χ3v) is 3.74. The number of nitrogens with one attached hydrogen (secondary N) is 1. The van der Waals surface area contributed by atoms with E-state index in [0.717, 1.165) is 18.4 Å². The maximum Gasteiger partial charge on any atom is 0.325 e. The van der Waals surface area contributed by atoms with Crippen LogP contribution in [0.5, 0.6) is 0 Å². The predicted molar refractivity (Wildman–Crippen MR) is 73.0 cm³/mol. The van der Waals surface area contributed by atoms with Crippen LogP contribution in [0.25, 0.3) is 0 Å². The zero-order valence-electron chi connectivity index (χ0n) is 11.7. The van der Waals surface area contributed by atoms with Gasteiger partial charge in [-0.05, 0) is 26.7 Å². The van der Waals surface area contributed by atoms with E-state index in [2.05, 4.69) is 10.4 Å². The summed E-state index contributed by atoms with van der Waals surface area (Å²) in [5.41, 5.74) is 0.742. The second-order valence-electron chi connectivity index (χ2n) is 5.62. The van der Waals surface area contributed by atoms with Crippen LogP contribution in [0.3, 0.4) is 0 Å². The van der Waals surface area contributed by atoms with E-state index in [1.807, 2.05) is 20.0 Å². The zero-order chi connectivity index (χ0) is 13.8. The van der Waals surface area contributed by atoms with Gasteiger partial charge in [-0.1, -0.05) is 19.3 Å². The molecule has 0 aliphatic heterocycles. The number of carboxylic acids is 1. The summed E-state index contributed by atoms with van der Waals surface area (Å²) in [5, 5.41) is 16.9. The van der Waals surface area contributed by atoms with Gasteiger partial charge in [-0.2, -0.15) is 5.10 Å². The third-order valence-electron chi connectivity index (χ3n) is 3.74. The molecule has 1 aliphatic rings. The van der Waals surface area contributed by atoms with Crippen molar-refractivity contribution < 1.29 is 9.90 Å². The van der Waals surface area contributed by atoms with Gasteiger partial charge in [0.15, 0.2) is 0 Å². The molecule has 5 heteroatoms. The Morgan fingerprint density at radius 2 is 2.11 bits per heavy atom. The SMILES string of the molecule is CC(C)n1cc(C(NC2CCCCC2)C(=O)O)cn1. The molecule has 5 nitrogen and oxygen atoms in total. The lowest BCUT2D eigenvalue weighted by molar-refractivity contribution is -0.140. The molecule has 2 rings (SSSR count). The average molecular weight is 265 g/mol. The van der Waals surface area contributed by atoms with Crippen molar-refractivity contribution >= 4 is 5.97 Å². The minimum atomic E-state index is -0.825. The summed E-state index contributed by atoms with van der Waals surface area (Å²) in [7, 11) is 0. The molecule has 0 saturated heterocycles. The van der Waals surface area contributed by atoms with Crippen LogP contribution in [0, 0.1) is 0 Å². The molecule has 19 heavy (non-hydrogen) atoms. The van der Waals surface area contributed by atoms with Gasteiger partial charge >= 0.3 is 5.97 Å². The second-order valence-corrected chi connectivity index (χ2v) is 5.62. The molecule has 1 aromatic heterocycles. The van der Waals surface area contributed by atoms with Gasteiger partial charge in [0.2, 0.25) is 0 Å². The van der Waals surface area contributed by atoms with Crippen LogP contribution in [-0.2, 0) is 4.79 Å². The molecule has 0 amide bonds. The van der Waals surface area contributed by atoms with E-state index in [-0.39, 0.29) is 6.04 Å². The summed E-state index contributed by atoms with van der Waals surface area (Å²) in [6.45, 7) is 4.06. The fraction of sp³-hybridized carbons (Fsp3) is 0.714. The number of nitrogens with zero attached hydrogens (tertiary/aromatic N) is 2. The fourth-order valence-corrected chi connectivity index (χ4v) is 2.60. The number of carbonyl (C=O) groups is 1. The lowest BCUT2D eigenvalue weighted by Crippen LogP contribution is -2.38. The van der Waals surface area contributed by atoms with Crippen molar-refractivity contribution in [2.45, 2.75) is 64.1 Å². The lowest BCUT2D eigenvalue weighted by atomic mass is 9.94. The van der Waals surface area contributed by atoms with Crippen LogP contribution in [0.15, 0.2) is 12.4 Å². The number of aromatic nitrogens is 2. The van der Waals surface area contributed by atoms with Gasteiger partial charge in [0.05, 0.1) is 6.20 Å². The molecule has 0 aromatic carbocycles. The molecule has 0 bridgehead atoms. The van der Waals surface area contributed by atoms with Crippen LogP contribution in [0.4, 0.5) is 0 Å². The summed E-state index contributed by atoms with van der Waals surface area (Å²) in [6, 6.07) is -0.0780. The normalized spacial score (nSPS) is 18.7. The van der Waals surface area contributed by atoms with E-state index in [1.165, 1.54) is 19.3 Å². The Kier molecular flexibility index (Phi) is 4.58. The molecular formula is C14H23N3O2. The third kappa shape index (κ3) is 3.56. The largest absolute Gasteiger partial charge is 0.480 e. The second kappa shape index (κ2) is 6.19. The highest BCUT2D eigenvalue weighted by atomic mass is 16.4. The van der Waals surface area contributed by atoms with E-state index < -0.39 is 12.0 Å². The monoisotopic (exact) mass is 265 g/mol. The number of carboxylic acid groups (broad SMARTS) is 1. The predicted octanol–water partition coefficient (Wildman–Crippen LogP) is 2.51. The van der Waals surface area contributed by atoms with Gasteiger partial charge in [-0.3, -0.25) is 14.8 Å². The van der Waals surface area contributed by atoms with E-state index in [4.69, 9.17) is 0 Å². The number of rotatable bonds is 5. The number of hydrogen-bond donors (Lipinski definition) is 2. The first-order chi connectivity index (χ1) is 9.08. The molecule has 2 N–H and O–H groups in total. The highest BCUT2D eigenvalue weighted by Crippen LogP contribution is 2.22. The van der Waals surface area contributed by atoms with Gasteiger partial charge in [0.1, 0.15) is 6.04 Å². The standard InChI is InChI=1S/C14H23N3O2/c1-10(2)17-9-11(8-15-17)13(14(18)19)16-12-6-4-3-5-7-12/h8-10,12-13,16H,3-7H2,1-2H3,(H,18,19). The van der Waals surface area contributed by atoms with Crippen molar-refractivity contribution in [1.29, 1.82) is 0 Å². The van der Waals surface area contributed by atoms with Crippen molar-refractivity contribution in [3.8, 4) is 0 Å². The molecule has 1 unspecified atom stereocenters.